The second-order valence-electron chi connectivity index (χ2n) is 6.33. The molecule has 25 heavy (non-hydrogen) atoms. The minimum atomic E-state index is -3.61. The molecule has 0 saturated heterocycles. The number of para-hydroxylation sites is 1. The van der Waals surface area contributed by atoms with Gasteiger partial charge in [-0.3, -0.25) is 4.79 Å². The standard InChI is InChI=1S/C17H23N3O4S/c1-24-8-9-25(22,23)20-16(17(21)19-13-6-7-13)10-12-11-18-15-5-3-2-4-14(12)15/h2-5,11,13,16,18,20H,6-10H2,1H3,(H,19,21)/t16-/m0/s1. The molecular weight excluding hydrogens is 342 g/mol. The molecule has 1 heterocycles. The van der Waals surface area contributed by atoms with E-state index in [-0.39, 0.29) is 30.7 Å². The smallest absolute Gasteiger partial charge is 0.238 e. The fourth-order valence-corrected chi connectivity index (χ4v) is 3.83. The van der Waals surface area contributed by atoms with E-state index in [1.165, 1.54) is 7.11 Å². The van der Waals surface area contributed by atoms with Crippen LogP contribution in [0.5, 0.6) is 0 Å². The number of amides is 1. The molecule has 1 atom stereocenters. The first kappa shape index (κ1) is 17.9. The van der Waals surface area contributed by atoms with Crippen LogP contribution in [0.1, 0.15) is 18.4 Å². The molecule has 1 amide bonds. The maximum atomic E-state index is 12.5. The molecule has 1 aromatic heterocycles. The summed E-state index contributed by atoms with van der Waals surface area (Å²) in [6, 6.07) is 7.06. The summed E-state index contributed by atoms with van der Waals surface area (Å²) in [5, 5.41) is 3.87. The first-order chi connectivity index (χ1) is 12.0. The van der Waals surface area contributed by atoms with Gasteiger partial charge in [0, 0.05) is 30.3 Å². The first-order valence-electron chi connectivity index (χ1n) is 8.33. The van der Waals surface area contributed by atoms with Crippen LogP contribution in [0.3, 0.4) is 0 Å². The lowest BCUT2D eigenvalue weighted by molar-refractivity contribution is -0.122. The zero-order valence-electron chi connectivity index (χ0n) is 14.1. The molecule has 1 aliphatic carbocycles. The molecule has 0 spiro atoms. The maximum Gasteiger partial charge on any atom is 0.238 e. The summed E-state index contributed by atoms with van der Waals surface area (Å²) < 4.78 is 31.8. The Kier molecular flexibility index (Phi) is 5.41. The molecule has 0 radical (unpaired) electrons. The number of H-pyrrole nitrogens is 1. The molecule has 1 saturated carbocycles. The van der Waals surface area contributed by atoms with Crippen LogP contribution < -0.4 is 10.0 Å². The van der Waals surface area contributed by atoms with Gasteiger partial charge in [0.1, 0.15) is 6.04 Å². The highest BCUT2D eigenvalue weighted by Gasteiger charge is 2.30. The molecule has 1 fully saturated rings. The van der Waals surface area contributed by atoms with Gasteiger partial charge in [-0.05, 0) is 30.9 Å². The Hall–Kier alpha value is -1.90. The van der Waals surface area contributed by atoms with Crippen molar-refractivity contribution in [2.75, 3.05) is 19.5 Å². The molecule has 1 aromatic carbocycles. The highest BCUT2D eigenvalue weighted by molar-refractivity contribution is 7.89. The molecule has 3 rings (SSSR count). The van der Waals surface area contributed by atoms with E-state index in [9.17, 15) is 13.2 Å². The number of ether oxygens (including phenoxy) is 1. The summed E-state index contributed by atoms with van der Waals surface area (Å²) in [6.07, 6.45) is 4.00. The molecule has 2 aromatic rings. The van der Waals surface area contributed by atoms with Gasteiger partial charge in [0.25, 0.3) is 0 Å². The van der Waals surface area contributed by atoms with E-state index in [1.807, 2.05) is 30.5 Å². The number of nitrogens with one attached hydrogen (secondary N) is 3. The topological polar surface area (TPSA) is 100 Å². The lowest BCUT2D eigenvalue weighted by Crippen LogP contribution is -2.49. The van der Waals surface area contributed by atoms with Gasteiger partial charge in [-0.25, -0.2) is 13.1 Å². The Balaban J connectivity index is 1.79. The molecule has 8 heteroatoms. The predicted octanol–water partition coefficient (Wildman–Crippen LogP) is 0.923. The summed E-state index contributed by atoms with van der Waals surface area (Å²) in [5.41, 5.74) is 1.86. The van der Waals surface area contributed by atoms with Crippen LogP contribution in [0.25, 0.3) is 10.9 Å². The van der Waals surface area contributed by atoms with Gasteiger partial charge >= 0.3 is 0 Å². The minimum absolute atomic E-state index is 0.0827. The van der Waals surface area contributed by atoms with Crippen molar-refractivity contribution in [2.24, 2.45) is 0 Å². The highest BCUT2D eigenvalue weighted by atomic mass is 32.2. The van der Waals surface area contributed by atoms with Crippen LogP contribution in [0.4, 0.5) is 0 Å². The maximum absolute atomic E-state index is 12.5. The second kappa shape index (κ2) is 7.55. The Bertz CT molecular complexity index is 842. The van der Waals surface area contributed by atoms with Crippen molar-refractivity contribution in [3.63, 3.8) is 0 Å². The van der Waals surface area contributed by atoms with E-state index < -0.39 is 16.1 Å². The Morgan fingerprint density at radius 1 is 1.36 bits per heavy atom. The fraction of sp³-hybridized carbons (Fsp3) is 0.471. The summed E-state index contributed by atoms with van der Waals surface area (Å²) in [7, 11) is -2.16. The molecule has 0 bridgehead atoms. The number of carbonyl (C=O) groups is 1. The van der Waals surface area contributed by atoms with Crippen LogP contribution in [0.15, 0.2) is 30.5 Å². The Morgan fingerprint density at radius 3 is 2.84 bits per heavy atom. The van der Waals surface area contributed by atoms with E-state index in [1.54, 1.807) is 0 Å². The van der Waals surface area contributed by atoms with E-state index >= 15 is 0 Å². The van der Waals surface area contributed by atoms with Crippen LogP contribution in [0, 0.1) is 0 Å². The molecule has 0 unspecified atom stereocenters. The van der Waals surface area contributed by atoms with E-state index in [0.717, 1.165) is 29.3 Å². The van der Waals surface area contributed by atoms with Crippen LogP contribution in [-0.4, -0.2) is 50.9 Å². The lowest BCUT2D eigenvalue weighted by atomic mass is 10.1. The minimum Gasteiger partial charge on any atom is -0.384 e. The van der Waals surface area contributed by atoms with Crippen molar-refractivity contribution >= 4 is 26.8 Å². The van der Waals surface area contributed by atoms with Gasteiger partial charge in [-0.15, -0.1) is 0 Å². The van der Waals surface area contributed by atoms with E-state index in [0.29, 0.717) is 0 Å². The summed E-state index contributed by atoms with van der Waals surface area (Å²) in [5.74, 6) is -0.460. The van der Waals surface area contributed by atoms with Crippen molar-refractivity contribution in [3.8, 4) is 0 Å². The number of hydrogen-bond acceptors (Lipinski definition) is 4. The molecule has 0 aliphatic heterocycles. The SMILES string of the molecule is COCCS(=O)(=O)N[C@@H](Cc1c[nH]c2ccccc12)C(=O)NC1CC1. The van der Waals surface area contributed by atoms with Crippen LogP contribution in [-0.2, 0) is 26.0 Å². The molecule has 7 nitrogen and oxygen atoms in total. The third-order valence-corrected chi connectivity index (χ3v) is 5.56. The number of aromatic nitrogens is 1. The van der Waals surface area contributed by atoms with Crippen molar-refractivity contribution in [2.45, 2.75) is 31.3 Å². The number of aromatic amines is 1. The largest absolute Gasteiger partial charge is 0.384 e. The number of hydrogen-bond donors (Lipinski definition) is 3. The van der Waals surface area contributed by atoms with Crippen molar-refractivity contribution in [1.82, 2.24) is 15.0 Å². The number of methoxy groups -OCH3 is 1. The summed E-state index contributed by atoms with van der Waals surface area (Å²) in [6.45, 7) is 0.0827. The van der Waals surface area contributed by atoms with E-state index in [2.05, 4.69) is 15.0 Å². The van der Waals surface area contributed by atoms with Gasteiger partial charge in [0.2, 0.25) is 15.9 Å². The third kappa shape index (κ3) is 4.81. The molecule has 136 valence electrons. The van der Waals surface area contributed by atoms with Crippen molar-refractivity contribution in [1.29, 1.82) is 0 Å². The summed E-state index contributed by atoms with van der Waals surface area (Å²) in [4.78, 5) is 15.7. The quantitative estimate of drug-likeness (QED) is 0.615. The Labute approximate surface area is 147 Å². The summed E-state index contributed by atoms with van der Waals surface area (Å²) >= 11 is 0. The number of rotatable bonds is 9. The molecule has 1 aliphatic rings. The van der Waals surface area contributed by atoms with Gasteiger partial charge in [-0.1, -0.05) is 18.2 Å². The number of carbonyl (C=O) groups excluding carboxylic acids is 1. The zero-order chi connectivity index (χ0) is 17.9. The van der Waals surface area contributed by atoms with Gasteiger partial charge in [0.05, 0.1) is 12.4 Å². The molecule has 3 N–H and O–H groups in total. The van der Waals surface area contributed by atoms with Gasteiger partial charge < -0.3 is 15.0 Å². The highest BCUT2D eigenvalue weighted by Crippen LogP contribution is 2.21. The normalized spacial score (nSPS) is 16.0. The average Bonchev–Trinajstić information content (AvgIpc) is 3.31. The number of fused-ring (bicyclic) bond motifs is 1. The van der Waals surface area contributed by atoms with Gasteiger partial charge in [0.15, 0.2) is 0 Å². The van der Waals surface area contributed by atoms with Crippen molar-refractivity contribution in [3.05, 3.63) is 36.0 Å². The number of benzene rings is 1. The second-order valence-corrected chi connectivity index (χ2v) is 8.20. The van der Waals surface area contributed by atoms with Crippen molar-refractivity contribution < 1.29 is 17.9 Å². The van der Waals surface area contributed by atoms with E-state index in [4.69, 9.17) is 4.74 Å². The predicted molar refractivity (Wildman–Crippen MR) is 95.8 cm³/mol. The lowest BCUT2D eigenvalue weighted by Gasteiger charge is -2.18. The third-order valence-electron chi connectivity index (χ3n) is 4.22. The first-order valence-corrected chi connectivity index (χ1v) is 9.98. The molecular formula is C17H23N3O4S. The monoisotopic (exact) mass is 365 g/mol. The van der Waals surface area contributed by atoms with Crippen LogP contribution in [0.2, 0.25) is 0 Å². The zero-order valence-corrected chi connectivity index (χ0v) is 14.9. The Morgan fingerprint density at radius 2 is 2.12 bits per heavy atom. The fourth-order valence-electron chi connectivity index (χ4n) is 2.71. The van der Waals surface area contributed by atoms with Gasteiger partial charge in [-0.2, -0.15) is 0 Å². The number of sulfonamides is 1. The van der Waals surface area contributed by atoms with Crippen LogP contribution >= 0.6 is 0 Å². The average molecular weight is 365 g/mol.